The van der Waals surface area contributed by atoms with Crippen LogP contribution in [0.15, 0.2) is 11.4 Å². The van der Waals surface area contributed by atoms with E-state index in [0.717, 1.165) is 41.8 Å². The molecule has 0 atom stereocenters. The summed E-state index contributed by atoms with van der Waals surface area (Å²) in [7, 11) is 0. The Labute approximate surface area is 116 Å². The topological polar surface area (TPSA) is 70.1 Å². The maximum atomic E-state index is 9.43. The van der Waals surface area contributed by atoms with E-state index in [9.17, 15) is 5.11 Å². The molecule has 0 radical (unpaired) electrons. The Hall–Kier alpha value is -1.40. The highest BCUT2D eigenvalue weighted by Gasteiger charge is 2.42. The van der Waals surface area contributed by atoms with E-state index in [-0.39, 0.29) is 12.1 Å². The normalized spacial score (nSPS) is 16.5. The highest BCUT2D eigenvalue weighted by Crippen LogP contribution is 2.40. The van der Waals surface area contributed by atoms with Crippen LogP contribution in [0.3, 0.4) is 0 Å². The molecule has 0 saturated heterocycles. The summed E-state index contributed by atoms with van der Waals surface area (Å²) in [4.78, 5) is 10.0. The summed E-state index contributed by atoms with van der Waals surface area (Å²) >= 11 is 1.61. The molecule has 1 aliphatic carbocycles. The van der Waals surface area contributed by atoms with Gasteiger partial charge in [-0.1, -0.05) is 6.92 Å². The number of anilines is 2. The lowest BCUT2D eigenvalue weighted by Crippen LogP contribution is -2.26. The first-order valence-electron chi connectivity index (χ1n) is 6.64. The molecular formula is C13H18N4OS. The van der Waals surface area contributed by atoms with Crippen LogP contribution >= 0.6 is 11.3 Å². The fraction of sp³-hybridized carbons (Fsp3) is 0.538. The zero-order valence-corrected chi connectivity index (χ0v) is 11.8. The Morgan fingerprint density at radius 3 is 2.95 bits per heavy atom. The average Bonchev–Trinajstić information content (AvgIpc) is 3.03. The monoisotopic (exact) mass is 278 g/mol. The number of rotatable bonds is 6. The van der Waals surface area contributed by atoms with Crippen molar-refractivity contribution in [2.45, 2.75) is 31.7 Å². The lowest BCUT2D eigenvalue weighted by molar-refractivity contribution is 0.266. The van der Waals surface area contributed by atoms with E-state index in [0.29, 0.717) is 5.95 Å². The van der Waals surface area contributed by atoms with Crippen molar-refractivity contribution in [2.24, 2.45) is 0 Å². The highest BCUT2D eigenvalue weighted by molar-refractivity contribution is 7.16. The Morgan fingerprint density at radius 2 is 2.26 bits per heavy atom. The van der Waals surface area contributed by atoms with E-state index in [1.807, 2.05) is 11.4 Å². The van der Waals surface area contributed by atoms with Crippen LogP contribution in [-0.2, 0) is 0 Å². The molecule has 102 valence electrons. The van der Waals surface area contributed by atoms with Crippen molar-refractivity contribution in [3.05, 3.63) is 11.4 Å². The molecule has 19 heavy (non-hydrogen) atoms. The minimum absolute atomic E-state index is 0.153. The number of aliphatic hydroxyl groups excluding tert-OH is 1. The summed E-state index contributed by atoms with van der Waals surface area (Å²) in [5.41, 5.74) is -0.161. The van der Waals surface area contributed by atoms with Gasteiger partial charge in [0.15, 0.2) is 0 Å². The first kappa shape index (κ1) is 12.6. The Balaban J connectivity index is 1.93. The maximum absolute atomic E-state index is 9.43. The van der Waals surface area contributed by atoms with Crippen molar-refractivity contribution in [3.8, 4) is 0 Å². The third kappa shape index (κ3) is 2.50. The number of hydrogen-bond donors (Lipinski definition) is 3. The third-order valence-corrected chi connectivity index (χ3v) is 4.20. The molecule has 0 aromatic carbocycles. The van der Waals surface area contributed by atoms with Crippen molar-refractivity contribution < 1.29 is 5.11 Å². The molecule has 3 rings (SSSR count). The van der Waals surface area contributed by atoms with Crippen LogP contribution in [-0.4, -0.2) is 33.8 Å². The van der Waals surface area contributed by atoms with E-state index >= 15 is 0 Å². The van der Waals surface area contributed by atoms with E-state index in [1.54, 1.807) is 11.3 Å². The molecule has 2 heterocycles. The largest absolute Gasteiger partial charge is 0.394 e. The fourth-order valence-corrected chi connectivity index (χ4v) is 2.76. The summed E-state index contributed by atoms with van der Waals surface area (Å²) in [5.74, 6) is 1.49. The number of hydrogen-bond acceptors (Lipinski definition) is 6. The molecule has 2 aromatic rings. The maximum Gasteiger partial charge on any atom is 0.226 e. The smallest absolute Gasteiger partial charge is 0.226 e. The highest BCUT2D eigenvalue weighted by atomic mass is 32.1. The minimum Gasteiger partial charge on any atom is -0.394 e. The van der Waals surface area contributed by atoms with Crippen molar-refractivity contribution >= 4 is 33.3 Å². The molecule has 0 unspecified atom stereocenters. The molecule has 1 saturated carbocycles. The number of aliphatic hydroxyl groups is 1. The molecule has 0 spiro atoms. The Kier molecular flexibility index (Phi) is 3.28. The zero-order chi connectivity index (χ0) is 13.3. The number of fused-ring (bicyclic) bond motifs is 1. The molecule has 0 amide bonds. The van der Waals surface area contributed by atoms with E-state index < -0.39 is 0 Å². The van der Waals surface area contributed by atoms with Crippen LogP contribution in [0.4, 0.5) is 11.8 Å². The predicted molar refractivity (Wildman–Crippen MR) is 78.9 cm³/mol. The van der Waals surface area contributed by atoms with Crippen LogP contribution in [0.5, 0.6) is 0 Å². The van der Waals surface area contributed by atoms with Crippen LogP contribution in [0, 0.1) is 0 Å². The van der Waals surface area contributed by atoms with Crippen LogP contribution < -0.4 is 10.6 Å². The van der Waals surface area contributed by atoms with Crippen LogP contribution in [0.2, 0.25) is 0 Å². The first-order chi connectivity index (χ1) is 9.26. The zero-order valence-electron chi connectivity index (χ0n) is 10.9. The van der Waals surface area contributed by atoms with Gasteiger partial charge < -0.3 is 15.7 Å². The van der Waals surface area contributed by atoms with Crippen molar-refractivity contribution in [1.29, 1.82) is 0 Å². The summed E-state index contributed by atoms with van der Waals surface area (Å²) in [6, 6.07) is 2.03. The Morgan fingerprint density at radius 1 is 1.42 bits per heavy atom. The first-order valence-corrected chi connectivity index (χ1v) is 7.52. The third-order valence-electron chi connectivity index (χ3n) is 3.40. The molecule has 1 aliphatic rings. The second-order valence-corrected chi connectivity index (χ2v) is 5.92. The van der Waals surface area contributed by atoms with Gasteiger partial charge in [0, 0.05) is 6.54 Å². The number of nitrogens with zero attached hydrogens (tertiary/aromatic N) is 2. The van der Waals surface area contributed by atoms with Gasteiger partial charge in [0.25, 0.3) is 0 Å². The van der Waals surface area contributed by atoms with Crippen molar-refractivity contribution in [3.63, 3.8) is 0 Å². The standard InChI is InChI=1S/C13H18N4OS/c1-2-6-14-12-15-10(17-13(8-18)4-5-13)9-3-7-19-11(9)16-12/h3,7,18H,2,4-6,8H2,1H3,(H2,14,15,16,17). The molecule has 6 heteroatoms. The van der Waals surface area contributed by atoms with Gasteiger partial charge in [-0.25, -0.2) is 4.98 Å². The summed E-state index contributed by atoms with van der Waals surface area (Å²) in [6.07, 6.45) is 3.03. The molecular weight excluding hydrogens is 260 g/mol. The number of aromatic nitrogens is 2. The lowest BCUT2D eigenvalue weighted by Gasteiger charge is -2.16. The molecule has 3 N–H and O–H groups in total. The van der Waals surface area contributed by atoms with Gasteiger partial charge in [0.2, 0.25) is 5.95 Å². The van der Waals surface area contributed by atoms with E-state index in [1.165, 1.54) is 0 Å². The summed E-state index contributed by atoms with van der Waals surface area (Å²) in [6.45, 7) is 3.13. The van der Waals surface area contributed by atoms with E-state index in [4.69, 9.17) is 0 Å². The van der Waals surface area contributed by atoms with Crippen molar-refractivity contribution in [2.75, 3.05) is 23.8 Å². The predicted octanol–water partition coefficient (Wildman–Crippen LogP) is 2.45. The lowest BCUT2D eigenvalue weighted by atomic mass is 10.2. The minimum atomic E-state index is -0.161. The van der Waals surface area contributed by atoms with Crippen molar-refractivity contribution in [1.82, 2.24) is 9.97 Å². The van der Waals surface area contributed by atoms with Gasteiger partial charge in [-0.2, -0.15) is 4.98 Å². The van der Waals surface area contributed by atoms with E-state index in [2.05, 4.69) is 27.5 Å². The number of thiophene rings is 1. The van der Waals surface area contributed by atoms with Gasteiger partial charge in [0.1, 0.15) is 10.6 Å². The van der Waals surface area contributed by atoms with Gasteiger partial charge in [0.05, 0.1) is 17.5 Å². The van der Waals surface area contributed by atoms with Crippen LogP contribution in [0.1, 0.15) is 26.2 Å². The second kappa shape index (κ2) is 4.94. The summed E-state index contributed by atoms with van der Waals surface area (Å²) < 4.78 is 0. The summed E-state index contributed by atoms with van der Waals surface area (Å²) in [5, 5.41) is 19.1. The molecule has 0 bridgehead atoms. The van der Waals surface area contributed by atoms with Crippen LogP contribution in [0.25, 0.3) is 10.2 Å². The molecule has 2 aromatic heterocycles. The van der Waals surface area contributed by atoms with Gasteiger partial charge in [-0.3, -0.25) is 0 Å². The molecule has 5 nitrogen and oxygen atoms in total. The fourth-order valence-electron chi connectivity index (χ4n) is 1.99. The van der Waals surface area contributed by atoms with Gasteiger partial charge in [-0.15, -0.1) is 11.3 Å². The SMILES string of the molecule is CCCNc1nc(NC2(CO)CC2)c2ccsc2n1. The second-order valence-electron chi connectivity index (χ2n) is 5.03. The number of nitrogens with one attached hydrogen (secondary N) is 2. The molecule has 1 fully saturated rings. The van der Waals surface area contributed by atoms with Gasteiger partial charge >= 0.3 is 0 Å². The average molecular weight is 278 g/mol. The quantitative estimate of drug-likeness (QED) is 0.757. The van der Waals surface area contributed by atoms with Gasteiger partial charge in [-0.05, 0) is 30.7 Å². The Bertz CT molecular complexity index is 579. The molecule has 0 aliphatic heterocycles.